The molecule has 1 aromatic carbocycles. The van der Waals surface area contributed by atoms with Gasteiger partial charge in [0.05, 0.1) is 18.7 Å². The first-order valence-electron chi connectivity index (χ1n) is 7.67. The van der Waals surface area contributed by atoms with E-state index in [0.717, 1.165) is 18.3 Å². The monoisotopic (exact) mass is 386 g/mol. The van der Waals surface area contributed by atoms with Gasteiger partial charge < -0.3 is 14.4 Å². The number of hydrogen-bond acceptors (Lipinski definition) is 4. The van der Waals surface area contributed by atoms with Gasteiger partial charge in [0.15, 0.2) is 6.61 Å². The molecule has 1 aromatic heterocycles. The average molecular weight is 387 g/mol. The van der Waals surface area contributed by atoms with E-state index in [-0.39, 0.29) is 31.5 Å². The molecule has 1 fully saturated rings. The second-order valence-electron chi connectivity index (χ2n) is 5.66. The van der Waals surface area contributed by atoms with Crippen LogP contribution >= 0.6 is 11.6 Å². The Morgan fingerprint density at radius 1 is 1.23 bits per heavy atom. The van der Waals surface area contributed by atoms with Crippen LogP contribution < -0.4 is 9.47 Å². The maximum absolute atomic E-state index is 12.7. The minimum atomic E-state index is -4.46. The van der Waals surface area contributed by atoms with Gasteiger partial charge in [0.2, 0.25) is 5.88 Å². The summed E-state index contributed by atoms with van der Waals surface area (Å²) in [7, 11) is 0. The van der Waals surface area contributed by atoms with Gasteiger partial charge in [-0.05, 0) is 30.3 Å². The Labute approximate surface area is 152 Å². The first-order chi connectivity index (χ1) is 12.3. The fourth-order valence-electron chi connectivity index (χ4n) is 2.30. The second-order valence-corrected chi connectivity index (χ2v) is 6.10. The maximum atomic E-state index is 12.7. The zero-order valence-corrected chi connectivity index (χ0v) is 14.1. The van der Waals surface area contributed by atoms with Gasteiger partial charge in [-0.15, -0.1) is 0 Å². The summed E-state index contributed by atoms with van der Waals surface area (Å²) in [6.07, 6.45) is -3.81. The van der Waals surface area contributed by atoms with Crippen LogP contribution in [0.1, 0.15) is 5.56 Å². The molecule has 1 saturated heterocycles. The fourth-order valence-corrected chi connectivity index (χ4v) is 2.43. The molecule has 0 saturated carbocycles. The van der Waals surface area contributed by atoms with Crippen LogP contribution in [0.15, 0.2) is 42.6 Å². The highest BCUT2D eigenvalue weighted by Gasteiger charge is 2.34. The number of likely N-dealkylation sites (tertiary alicyclic amines) is 1. The molecule has 0 bridgehead atoms. The molecule has 138 valence electrons. The van der Waals surface area contributed by atoms with Crippen LogP contribution in [0.25, 0.3) is 0 Å². The van der Waals surface area contributed by atoms with Crippen LogP contribution in [-0.4, -0.2) is 41.6 Å². The number of ether oxygens (including phenoxy) is 2. The standard InChI is InChI=1S/C17H14ClF3N2O3/c18-12-1-3-13(4-2-12)25-10-16(24)23-8-14(9-23)26-15-7-11(5-6-22-15)17(19,20)21/h1-7,14H,8-10H2. The molecule has 0 N–H and O–H groups in total. The van der Waals surface area contributed by atoms with Crippen molar-refractivity contribution in [3.63, 3.8) is 0 Å². The van der Waals surface area contributed by atoms with E-state index >= 15 is 0 Å². The molecule has 0 radical (unpaired) electrons. The van der Waals surface area contributed by atoms with E-state index in [1.807, 2.05) is 0 Å². The van der Waals surface area contributed by atoms with E-state index in [1.165, 1.54) is 4.90 Å². The van der Waals surface area contributed by atoms with Gasteiger partial charge in [-0.1, -0.05) is 11.6 Å². The first kappa shape index (κ1) is 18.3. The predicted octanol–water partition coefficient (Wildman–Crippen LogP) is 3.42. The molecule has 0 atom stereocenters. The van der Waals surface area contributed by atoms with Crippen LogP contribution in [0, 0.1) is 0 Å². The SMILES string of the molecule is O=C(COc1ccc(Cl)cc1)N1CC(Oc2cc(C(F)(F)F)ccn2)C1. The van der Waals surface area contributed by atoms with Gasteiger partial charge in [-0.25, -0.2) is 4.98 Å². The molecular formula is C17H14ClF3N2O3. The summed E-state index contributed by atoms with van der Waals surface area (Å²) < 4.78 is 48.7. The number of aromatic nitrogens is 1. The minimum Gasteiger partial charge on any atom is -0.484 e. The van der Waals surface area contributed by atoms with Crippen LogP contribution in [0.2, 0.25) is 5.02 Å². The third-order valence-corrected chi connectivity index (χ3v) is 3.98. The van der Waals surface area contributed by atoms with Crippen molar-refractivity contribution in [2.45, 2.75) is 12.3 Å². The second kappa shape index (κ2) is 7.41. The molecular weight excluding hydrogens is 373 g/mol. The molecule has 0 unspecified atom stereocenters. The van der Waals surface area contributed by atoms with E-state index in [2.05, 4.69) is 4.98 Å². The van der Waals surface area contributed by atoms with Crippen molar-refractivity contribution in [1.82, 2.24) is 9.88 Å². The third-order valence-electron chi connectivity index (χ3n) is 3.73. The summed E-state index contributed by atoms with van der Waals surface area (Å²) in [5.41, 5.74) is -0.828. The number of carbonyl (C=O) groups excluding carboxylic acids is 1. The molecule has 1 amide bonds. The Kier molecular flexibility index (Phi) is 5.22. The molecule has 1 aliphatic heterocycles. The molecule has 2 heterocycles. The summed E-state index contributed by atoms with van der Waals surface area (Å²) in [5, 5.41) is 0.564. The summed E-state index contributed by atoms with van der Waals surface area (Å²) >= 11 is 5.76. The van der Waals surface area contributed by atoms with Gasteiger partial charge >= 0.3 is 6.18 Å². The lowest BCUT2D eigenvalue weighted by molar-refractivity contribution is -0.142. The van der Waals surface area contributed by atoms with E-state index < -0.39 is 17.8 Å². The minimum absolute atomic E-state index is 0.116. The topological polar surface area (TPSA) is 51.7 Å². The predicted molar refractivity (Wildman–Crippen MR) is 87.2 cm³/mol. The lowest BCUT2D eigenvalue weighted by atomic mass is 10.1. The van der Waals surface area contributed by atoms with Crippen LogP contribution in [-0.2, 0) is 11.0 Å². The summed E-state index contributed by atoms with van der Waals surface area (Å²) in [4.78, 5) is 17.3. The van der Waals surface area contributed by atoms with E-state index in [9.17, 15) is 18.0 Å². The highest BCUT2D eigenvalue weighted by molar-refractivity contribution is 6.30. The van der Waals surface area contributed by atoms with Crippen molar-refractivity contribution < 1.29 is 27.4 Å². The number of hydrogen-bond donors (Lipinski definition) is 0. The molecule has 9 heteroatoms. The van der Waals surface area contributed by atoms with Gasteiger partial charge in [-0.2, -0.15) is 13.2 Å². The van der Waals surface area contributed by atoms with Gasteiger partial charge in [0, 0.05) is 17.3 Å². The highest BCUT2D eigenvalue weighted by Crippen LogP contribution is 2.31. The van der Waals surface area contributed by atoms with Gasteiger partial charge in [-0.3, -0.25) is 4.79 Å². The molecule has 0 spiro atoms. The maximum Gasteiger partial charge on any atom is 0.416 e. The van der Waals surface area contributed by atoms with Crippen molar-refractivity contribution in [2.75, 3.05) is 19.7 Å². The third kappa shape index (κ3) is 4.57. The number of alkyl halides is 3. The van der Waals surface area contributed by atoms with Gasteiger partial charge in [0.1, 0.15) is 11.9 Å². The Morgan fingerprint density at radius 3 is 2.58 bits per heavy atom. The summed E-state index contributed by atoms with van der Waals surface area (Å²) in [5.74, 6) is 0.162. The fraction of sp³-hybridized carbons (Fsp3) is 0.294. The lowest BCUT2D eigenvalue weighted by Crippen LogP contribution is -2.57. The number of halogens is 4. The Hall–Kier alpha value is -2.48. The van der Waals surface area contributed by atoms with Crippen molar-refractivity contribution >= 4 is 17.5 Å². The van der Waals surface area contributed by atoms with Crippen molar-refractivity contribution in [3.05, 3.63) is 53.2 Å². The molecule has 5 nitrogen and oxygen atoms in total. The Balaban J connectivity index is 1.45. The van der Waals surface area contributed by atoms with Crippen molar-refractivity contribution in [2.24, 2.45) is 0 Å². The average Bonchev–Trinajstić information content (AvgIpc) is 2.56. The first-order valence-corrected chi connectivity index (χ1v) is 8.05. The summed E-state index contributed by atoms with van der Waals surface area (Å²) in [6.45, 7) is 0.387. The number of benzene rings is 1. The number of rotatable bonds is 5. The van der Waals surface area contributed by atoms with Gasteiger partial charge in [0.25, 0.3) is 5.91 Å². The van der Waals surface area contributed by atoms with Crippen LogP contribution in [0.4, 0.5) is 13.2 Å². The smallest absolute Gasteiger partial charge is 0.416 e. The quantitative estimate of drug-likeness (QED) is 0.790. The number of amides is 1. The lowest BCUT2D eigenvalue weighted by Gasteiger charge is -2.38. The normalized spacial score (nSPS) is 14.7. The zero-order valence-electron chi connectivity index (χ0n) is 13.4. The molecule has 0 aliphatic carbocycles. The Bertz CT molecular complexity index is 778. The number of pyridine rings is 1. The number of nitrogens with zero attached hydrogens (tertiary/aromatic N) is 2. The largest absolute Gasteiger partial charge is 0.484 e. The molecule has 26 heavy (non-hydrogen) atoms. The summed E-state index contributed by atoms with van der Waals surface area (Å²) in [6, 6.07) is 8.31. The van der Waals surface area contributed by atoms with Crippen molar-refractivity contribution in [1.29, 1.82) is 0 Å². The number of carbonyl (C=O) groups is 1. The molecule has 1 aliphatic rings. The highest BCUT2D eigenvalue weighted by atomic mass is 35.5. The van der Waals surface area contributed by atoms with E-state index in [0.29, 0.717) is 10.8 Å². The van der Waals surface area contributed by atoms with Crippen LogP contribution in [0.3, 0.4) is 0 Å². The zero-order chi connectivity index (χ0) is 18.7. The van der Waals surface area contributed by atoms with E-state index in [1.54, 1.807) is 24.3 Å². The van der Waals surface area contributed by atoms with Crippen molar-refractivity contribution in [3.8, 4) is 11.6 Å². The van der Waals surface area contributed by atoms with Crippen LogP contribution in [0.5, 0.6) is 11.6 Å². The molecule has 3 rings (SSSR count). The van der Waals surface area contributed by atoms with E-state index in [4.69, 9.17) is 21.1 Å². The molecule has 2 aromatic rings. The Morgan fingerprint density at radius 2 is 1.92 bits per heavy atom.